The second-order valence-corrected chi connectivity index (χ2v) is 5.75. The van der Waals surface area contributed by atoms with E-state index in [9.17, 15) is 0 Å². The molecule has 1 aromatic carbocycles. The standard InChI is InChI=1S/C15H23NO3/c1-15(2,10-16-13(8-17)9-18)12-3-4-14-11(7-12)5-6-19-14/h3-4,7,13,16-18H,5-6,8-10H2,1-2H3. The van der Waals surface area contributed by atoms with Crippen LogP contribution in [0.15, 0.2) is 18.2 Å². The number of benzene rings is 1. The largest absolute Gasteiger partial charge is 0.493 e. The lowest BCUT2D eigenvalue weighted by atomic mass is 9.83. The zero-order chi connectivity index (χ0) is 13.9. The van der Waals surface area contributed by atoms with Crippen LogP contribution in [0.25, 0.3) is 0 Å². The molecule has 0 atom stereocenters. The van der Waals surface area contributed by atoms with E-state index in [1.54, 1.807) is 0 Å². The van der Waals surface area contributed by atoms with Crippen LogP contribution in [-0.4, -0.2) is 42.6 Å². The van der Waals surface area contributed by atoms with Crippen molar-refractivity contribution in [2.24, 2.45) is 0 Å². The molecule has 0 aliphatic carbocycles. The molecular formula is C15H23NO3. The molecule has 1 aliphatic rings. The summed E-state index contributed by atoms with van der Waals surface area (Å²) in [6, 6.07) is 6.09. The molecule has 0 radical (unpaired) electrons. The Morgan fingerprint density at radius 3 is 2.74 bits per heavy atom. The number of nitrogens with one attached hydrogen (secondary N) is 1. The minimum atomic E-state index is -0.253. The number of ether oxygens (including phenoxy) is 1. The van der Waals surface area contributed by atoms with E-state index in [2.05, 4.69) is 31.3 Å². The fourth-order valence-corrected chi connectivity index (χ4v) is 2.30. The smallest absolute Gasteiger partial charge is 0.122 e. The van der Waals surface area contributed by atoms with E-state index in [0.29, 0.717) is 6.54 Å². The van der Waals surface area contributed by atoms with Gasteiger partial charge in [-0.15, -0.1) is 0 Å². The molecule has 1 heterocycles. The van der Waals surface area contributed by atoms with Crippen molar-refractivity contribution in [3.63, 3.8) is 0 Å². The number of rotatable bonds is 6. The van der Waals surface area contributed by atoms with Crippen molar-refractivity contribution in [1.82, 2.24) is 5.32 Å². The zero-order valence-corrected chi connectivity index (χ0v) is 11.6. The second kappa shape index (κ2) is 5.90. The monoisotopic (exact) mass is 265 g/mol. The molecule has 0 unspecified atom stereocenters. The van der Waals surface area contributed by atoms with Crippen LogP contribution in [0.2, 0.25) is 0 Å². The van der Waals surface area contributed by atoms with Crippen molar-refractivity contribution < 1.29 is 14.9 Å². The minimum absolute atomic E-state index is 0.0510. The summed E-state index contributed by atoms with van der Waals surface area (Å²) in [5, 5.41) is 21.4. The van der Waals surface area contributed by atoms with Crippen LogP contribution in [0, 0.1) is 0 Å². The summed E-state index contributed by atoms with van der Waals surface area (Å²) in [7, 11) is 0. The summed E-state index contributed by atoms with van der Waals surface area (Å²) in [5.74, 6) is 0.996. The van der Waals surface area contributed by atoms with Gasteiger partial charge < -0.3 is 20.3 Å². The Hall–Kier alpha value is -1.10. The quantitative estimate of drug-likeness (QED) is 0.713. The van der Waals surface area contributed by atoms with Gasteiger partial charge in [0.15, 0.2) is 0 Å². The van der Waals surface area contributed by atoms with E-state index >= 15 is 0 Å². The van der Waals surface area contributed by atoms with Crippen LogP contribution < -0.4 is 10.1 Å². The SMILES string of the molecule is CC(C)(CNC(CO)CO)c1ccc2c(c1)CCO2. The highest BCUT2D eigenvalue weighted by Crippen LogP contribution is 2.31. The third-order valence-electron chi connectivity index (χ3n) is 3.74. The molecule has 106 valence electrons. The Morgan fingerprint density at radius 2 is 2.05 bits per heavy atom. The number of hydrogen-bond donors (Lipinski definition) is 3. The summed E-state index contributed by atoms with van der Waals surface area (Å²) in [5.41, 5.74) is 2.46. The van der Waals surface area contributed by atoms with E-state index < -0.39 is 0 Å². The van der Waals surface area contributed by atoms with E-state index in [1.165, 1.54) is 11.1 Å². The summed E-state index contributed by atoms with van der Waals surface area (Å²) in [4.78, 5) is 0. The Balaban J connectivity index is 2.06. The van der Waals surface area contributed by atoms with Crippen molar-refractivity contribution in [2.45, 2.75) is 31.7 Å². The van der Waals surface area contributed by atoms with Gasteiger partial charge in [-0.1, -0.05) is 26.0 Å². The molecule has 0 amide bonds. The summed E-state index contributed by atoms with van der Waals surface area (Å²) >= 11 is 0. The molecule has 0 fully saturated rings. The molecule has 3 N–H and O–H groups in total. The zero-order valence-electron chi connectivity index (χ0n) is 11.6. The Morgan fingerprint density at radius 1 is 1.32 bits per heavy atom. The van der Waals surface area contributed by atoms with E-state index in [1.807, 2.05) is 6.07 Å². The lowest BCUT2D eigenvalue weighted by Crippen LogP contribution is -2.43. The van der Waals surface area contributed by atoms with Crippen LogP contribution in [0.5, 0.6) is 5.75 Å². The van der Waals surface area contributed by atoms with Gasteiger partial charge in [0.05, 0.1) is 25.9 Å². The summed E-state index contributed by atoms with van der Waals surface area (Å²) in [6.07, 6.45) is 0.975. The van der Waals surface area contributed by atoms with E-state index in [0.717, 1.165) is 18.8 Å². The first kappa shape index (κ1) is 14.3. The molecule has 0 spiro atoms. The predicted octanol–water partition coefficient (Wildman–Crippen LogP) is 0.842. The first-order chi connectivity index (χ1) is 9.06. The number of aliphatic hydroxyl groups is 2. The molecule has 4 heteroatoms. The van der Waals surface area contributed by atoms with Crippen molar-refractivity contribution in [3.05, 3.63) is 29.3 Å². The van der Waals surface area contributed by atoms with Crippen LogP contribution in [-0.2, 0) is 11.8 Å². The summed E-state index contributed by atoms with van der Waals surface area (Å²) in [6.45, 7) is 5.69. The van der Waals surface area contributed by atoms with Gasteiger partial charge in [-0.2, -0.15) is 0 Å². The predicted molar refractivity (Wildman–Crippen MR) is 74.6 cm³/mol. The first-order valence-corrected chi connectivity index (χ1v) is 6.78. The van der Waals surface area contributed by atoms with Gasteiger partial charge in [0.1, 0.15) is 5.75 Å². The number of hydrogen-bond acceptors (Lipinski definition) is 4. The fraction of sp³-hybridized carbons (Fsp3) is 0.600. The van der Waals surface area contributed by atoms with Crippen molar-refractivity contribution in [2.75, 3.05) is 26.4 Å². The van der Waals surface area contributed by atoms with Crippen molar-refractivity contribution in [1.29, 1.82) is 0 Å². The maximum atomic E-state index is 9.08. The molecule has 1 aliphatic heterocycles. The lowest BCUT2D eigenvalue weighted by Gasteiger charge is -2.28. The first-order valence-electron chi connectivity index (χ1n) is 6.78. The molecule has 0 bridgehead atoms. The molecule has 0 aromatic heterocycles. The maximum Gasteiger partial charge on any atom is 0.122 e. The van der Waals surface area contributed by atoms with Crippen LogP contribution in [0.4, 0.5) is 0 Å². The van der Waals surface area contributed by atoms with Crippen LogP contribution in [0.3, 0.4) is 0 Å². The van der Waals surface area contributed by atoms with Gasteiger partial charge in [-0.05, 0) is 17.2 Å². The normalized spacial score (nSPS) is 14.6. The van der Waals surface area contributed by atoms with Crippen molar-refractivity contribution >= 4 is 0 Å². The van der Waals surface area contributed by atoms with Crippen LogP contribution in [0.1, 0.15) is 25.0 Å². The molecule has 2 rings (SSSR count). The Kier molecular flexibility index (Phi) is 4.45. The molecule has 1 aromatic rings. The molecule has 4 nitrogen and oxygen atoms in total. The van der Waals surface area contributed by atoms with Gasteiger partial charge in [0.25, 0.3) is 0 Å². The van der Waals surface area contributed by atoms with Crippen LogP contribution >= 0.6 is 0 Å². The number of fused-ring (bicyclic) bond motifs is 1. The maximum absolute atomic E-state index is 9.08. The highest BCUT2D eigenvalue weighted by Gasteiger charge is 2.24. The summed E-state index contributed by atoms with van der Waals surface area (Å²) < 4.78 is 5.52. The molecule has 19 heavy (non-hydrogen) atoms. The molecule has 0 saturated heterocycles. The van der Waals surface area contributed by atoms with Gasteiger partial charge in [0, 0.05) is 18.4 Å². The lowest BCUT2D eigenvalue weighted by molar-refractivity contribution is 0.166. The van der Waals surface area contributed by atoms with E-state index in [4.69, 9.17) is 14.9 Å². The Bertz CT molecular complexity index is 427. The molecule has 0 saturated carbocycles. The van der Waals surface area contributed by atoms with E-state index in [-0.39, 0.29) is 24.7 Å². The highest BCUT2D eigenvalue weighted by molar-refractivity contribution is 5.42. The third kappa shape index (κ3) is 3.26. The molecular weight excluding hydrogens is 242 g/mol. The van der Waals surface area contributed by atoms with Gasteiger partial charge in [0.2, 0.25) is 0 Å². The highest BCUT2D eigenvalue weighted by atomic mass is 16.5. The van der Waals surface area contributed by atoms with Crippen molar-refractivity contribution in [3.8, 4) is 5.75 Å². The fourth-order valence-electron chi connectivity index (χ4n) is 2.30. The topological polar surface area (TPSA) is 61.7 Å². The second-order valence-electron chi connectivity index (χ2n) is 5.75. The average Bonchev–Trinajstić information content (AvgIpc) is 2.87. The number of aliphatic hydroxyl groups excluding tert-OH is 2. The minimum Gasteiger partial charge on any atom is -0.493 e. The van der Waals surface area contributed by atoms with Gasteiger partial charge in [-0.25, -0.2) is 0 Å². The Labute approximate surface area is 114 Å². The van der Waals surface area contributed by atoms with Gasteiger partial charge >= 0.3 is 0 Å². The van der Waals surface area contributed by atoms with Gasteiger partial charge in [-0.3, -0.25) is 0 Å². The third-order valence-corrected chi connectivity index (χ3v) is 3.74. The average molecular weight is 265 g/mol.